The van der Waals surface area contributed by atoms with Crippen LogP contribution < -0.4 is 4.74 Å². The normalized spacial score (nSPS) is 34.1. The molecule has 0 amide bonds. The zero-order valence-electron chi connectivity index (χ0n) is 27.8. The maximum atomic E-state index is 12.7. The van der Waals surface area contributed by atoms with Gasteiger partial charge in [0.05, 0.1) is 6.61 Å². The Morgan fingerprint density at radius 1 is 0.930 bits per heavy atom. The molecule has 0 heterocycles. The maximum absolute atomic E-state index is 12.7. The summed E-state index contributed by atoms with van der Waals surface area (Å²) in [6.45, 7) is 13.3. The molecule has 43 heavy (non-hydrogen) atoms. The first-order chi connectivity index (χ1) is 20.6. The molecule has 8 atom stereocenters. The van der Waals surface area contributed by atoms with Crippen molar-refractivity contribution in [3.05, 3.63) is 39.5 Å². The Morgan fingerprint density at radius 3 is 2.49 bits per heavy atom. The first kappa shape index (κ1) is 33.3. The zero-order valence-corrected chi connectivity index (χ0v) is 30.0. The molecule has 4 aliphatic carbocycles. The van der Waals surface area contributed by atoms with Gasteiger partial charge in [-0.25, -0.2) is 0 Å². The number of halogens is 1. The van der Waals surface area contributed by atoms with Gasteiger partial charge in [0, 0.05) is 16.4 Å². The molecular formula is C39H59IO3. The molecule has 4 heteroatoms. The van der Waals surface area contributed by atoms with Gasteiger partial charge >= 0.3 is 5.97 Å². The van der Waals surface area contributed by atoms with Crippen molar-refractivity contribution in [1.29, 1.82) is 0 Å². The van der Waals surface area contributed by atoms with Gasteiger partial charge in [0.1, 0.15) is 11.9 Å². The number of hydrogen-bond acceptors (Lipinski definition) is 3. The van der Waals surface area contributed by atoms with Gasteiger partial charge in [-0.2, -0.15) is 0 Å². The van der Waals surface area contributed by atoms with Crippen LogP contribution in [0, 0.1) is 49.9 Å². The highest BCUT2D eigenvalue weighted by Crippen LogP contribution is 2.67. The van der Waals surface area contributed by atoms with Crippen LogP contribution in [-0.4, -0.2) is 18.7 Å². The maximum Gasteiger partial charge on any atom is 0.306 e. The van der Waals surface area contributed by atoms with E-state index in [1.54, 1.807) is 5.57 Å². The number of esters is 1. The molecule has 0 aliphatic heterocycles. The van der Waals surface area contributed by atoms with Crippen LogP contribution >= 0.6 is 22.6 Å². The number of benzene rings is 1. The number of hydrogen-bond donors (Lipinski definition) is 0. The lowest BCUT2D eigenvalue weighted by Crippen LogP contribution is -2.51. The van der Waals surface area contributed by atoms with Gasteiger partial charge < -0.3 is 9.47 Å². The lowest BCUT2D eigenvalue weighted by atomic mass is 9.47. The highest BCUT2D eigenvalue weighted by Gasteiger charge is 2.59. The average molecular weight is 703 g/mol. The van der Waals surface area contributed by atoms with E-state index in [9.17, 15) is 4.79 Å². The van der Waals surface area contributed by atoms with E-state index in [-0.39, 0.29) is 12.1 Å². The van der Waals surface area contributed by atoms with E-state index in [0.717, 1.165) is 73.4 Å². The van der Waals surface area contributed by atoms with Crippen molar-refractivity contribution in [2.75, 3.05) is 6.61 Å². The second-order valence-electron chi connectivity index (χ2n) is 15.8. The Morgan fingerprint density at radius 2 is 1.72 bits per heavy atom. The number of carbonyl (C=O) groups excluding carboxylic acids is 1. The number of carbonyl (C=O) groups is 1. The predicted molar refractivity (Wildman–Crippen MR) is 186 cm³/mol. The summed E-state index contributed by atoms with van der Waals surface area (Å²) in [5.41, 5.74) is 2.47. The lowest BCUT2D eigenvalue weighted by molar-refractivity contribution is -0.151. The predicted octanol–water partition coefficient (Wildman–Crippen LogP) is 11.2. The fraction of sp³-hybridized carbons (Fsp3) is 0.769. The molecule has 3 fully saturated rings. The van der Waals surface area contributed by atoms with Crippen LogP contribution in [0.1, 0.15) is 131 Å². The Balaban J connectivity index is 1.07. The van der Waals surface area contributed by atoms with Crippen LogP contribution in [0.3, 0.4) is 0 Å². The molecular weight excluding hydrogens is 643 g/mol. The molecule has 1 aromatic carbocycles. The fourth-order valence-corrected chi connectivity index (χ4v) is 10.6. The number of ether oxygens (including phenoxy) is 2. The van der Waals surface area contributed by atoms with E-state index >= 15 is 0 Å². The second-order valence-corrected chi connectivity index (χ2v) is 17.0. The van der Waals surface area contributed by atoms with Crippen molar-refractivity contribution in [2.24, 2.45) is 46.3 Å². The van der Waals surface area contributed by atoms with E-state index < -0.39 is 0 Å². The van der Waals surface area contributed by atoms with Crippen LogP contribution in [0.5, 0.6) is 5.75 Å². The van der Waals surface area contributed by atoms with E-state index in [0.29, 0.717) is 23.9 Å². The van der Waals surface area contributed by atoms with Crippen molar-refractivity contribution < 1.29 is 14.3 Å². The van der Waals surface area contributed by atoms with Crippen molar-refractivity contribution in [3.8, 4) is 5.75 Å². The summed E-state index contributed by atoms with van der Waals surface area (Å²) >= 11 is 2.30. The molecule has 3 nitrogen and oxygen atoms in total. The standard InChI is InChI=1S/C39H59IO3/c1-27(2)10-9-11-28(3)34-19-20-35-33-18-13-29-26-32(21-23-38(29,4)36(33)22-24-39(34,35)5)43-37(41)12-7-6-8-25-42-31-16-14-30(40)15-17-31/h13-17,27-28,32-36H,6-12,18-26H2,1-5H3/t28-,32+,33+,34-,35+,36+,38+,39-/m1/s1. The van der Waals surface area contributed by atoms with Crippen molar-refractivity contribution in [2.45, 2.75) is 137 Å². The minimum absolute atomic E-state index is 0.00520. The number of allylic oxidation sites excluding steroid dienone is 1. The summed E-state index contributed by atoms with van der Waals surface area (Å²) in [6, 6.07) is 8.16. The topological polar surface area (TPSA) is 35.5 Å². The first-order valence-electron chi connectivity index (χ1n) is 17.9. The van der Waals surface area contributed by atoms with Crippen LogP contribution in [0.15, 0.2) is 35.9 Å². The number of fused-ring (bicyclic) bond motifs is 5. The molecule has 0 bridgehead atoms. The summed E-state index contributed by atoms with van der Waals surface area (Å²) < 4.78 is 13.1. The van der Waals surface area contributed by atoms with E-state index in [1.165, 1.54) is 61.4 Å². The number of unbranched alkanes of at least 4 members (excludes halogenated alkanes) is 2. The van der Waals surface area contributed by atoms with Gasteiger partial charge in [0.2, 0.25) is 0 Å². The molecule has 0 radical (unpaired) electrons. The molecule has 0 unspecified atom stereocenters. The average Bonchev–Trinajstić information content (AvgIpc) is 3.33. The minimum atomic E-state index is -0.00520. The number of rotatable bonds is 13. The largest absolute Gasteiger partial charge is 0.494 e. The zero-order chi connectivity index (χ0) is 30.6. The summed E-state index contributed by atoms with van der Waals surface area (Å²) in [6.07, 6.45) is 20.4. The molecule has 0 saturated heterocycles. The van der Waals surface area contributed by atoms with Gasteiger partial charge in [0.15, 0.2) is 0 Å². The van der Waals surface area contributed by atoms with E-state index in [2.05, 4.69) is 75.4 Å². The van der Waals surface area contributed by atoms with Crippen LogP contribution in [-0.2, 0) is 9.53 Å². The fourth-order valence-electron chi connectivity index (χ4n) is 10.3. The molecule has 3 saturated carbocycles. The monoisotopic (exact) mass is 702 g/mol. The van der Waals surface area contributed by atoms with Gasteiger partial charge in [-0.15, -0.1) is 0 Å². The van der Waals surface area contributed by atoms with Crippen molar-refractivity contribution in [3.63, 3.8) is 0 Å². The first-order valence-corrected chi connectivity index (χ1v) is 19.0. The third kappa shape index (κ3) is 7.68. The molecule has 240 valence electrons. The molecule has 0 aromatic heterocycles. The second kappa shape index (κ2) is 14.6. The molecule has 4 aliphatic rings. The summed E-state index contributed by atoms with van der Waals surface area (Å²) in [5.74, 6) is 6.10. The highest BCUT2D eigenvalue weighted by molar-refractivity contribution is 14.1. The summed E-state index contributed by atoms with van der Waals surface area (Å²) in [5, 5.41) is 0. The third-order valence-corrected chi connectivity index (χ3v) is 13.4. The summed E-state index contributed by atoms with van der Waals surface area (Å²) in [7, 11) is 0. The Labute approximate surface area is 276 Å². The molecule has 1 aromatic rings. The SMILES string of the molecule is CC(C)CCC[C@@H](C)[C@H]1CC[C@H]2[C@@H]3CC=C4C[C@@H](OC(=O)CCCCCOc5ccc(I)cc5)CC[C@]4(C)[C@H]3CC[C@]12C. The van der Waals surface area contributed by atoms with Gasteiger partial charge in [-0.1, -0.05) is 65.5 Å². The van der Waals surface area contributed by atoms with Crippen LogP contribution in [0.2, 0.25) is 0 Å². The Kier molecular flexibility index (Phi) is 11.3. The van der Waals surface area contributed by atoms with Gasteiger partial charge in [-0.05, 0) is 157 Å². The van der Waals surface area contributed by atoms with Gasteiger partial charge in [-0.3, -0.25) is 4.79 Å². The third-order valence-electron chi connectivity index (χ3n) is 12.7. The summed E-state index contributed by atoms with van der Waals surface area (Å²) in [4.78, 5) is 12.7. The van der Waals surface area contributed by atoms with Crippen molar-refractivity contribution in [1.82, 2.24) is 0 Å². The quantitative estimate of drug-likeness (QED) is 0.0888. The van der Waals surface area contributed by atoms with Crippen molar-refractivity contribution >= 4 is 28.6 Å². The smallest absolute Gasteiger partial charge is 0.306 e. The van der Waals surface area contributed by atoms with Gasteiger partial charge in [0.25, 0.3) is 0 Å². The van der Waals surface area contributed by atoms with E-state index in [4.69, 9.17) is 9.47 Å². The lowest BCUT2D eigenvalue weighted by Gasteiger charge is -2.58. The highest BCUT2D eigenvalue weighted by atomic mass is 127. The van der Waals surface area contributed by atoms with E-state index in [1.807, 2.05) is 12.1 Å². The molecule has 5 rings (SSSR count). The minimum Gasteiger partial charge on any atom is -0.494 e. The Hall–Kier alpha value is -1.04. The van der Waals surface area contributed by atoms with Crippen LogP contribution in [0.4, 0.5) is 0 Å². The molecule has 0 spiro atoms. The van der Waals surface area contributed by atoms with Crippen LogP contribution in [0.25, 0.3) is 0 Å². The Bertz CT molecular complexity index is 1090. The molecule has 0 N–H and O–H groups in total.